The molecule has 2 N–H and O–H groups in total. The number of aromatic carboxylic acids is 1. The van der Waals surface area contributed by atoms with Crippen LogP contribution >= 0.6 is 15.9 Å². The normalized spacial score (nSPS) is 10.4. The van der Waals surface area contributed by atoms with Crippen LogP contribution in [0.4, 0.5) is 4.39 Å². The van der Waals surface area contributed by atoms with Crippen LogP contribution in [0.5, 0.6) is 0 Å². The van der Waals surface area contributed by atoms with Crippen LogP contribution in [0.1, 0.15) is 21.6 Å². The molecule has 19 heavy (non-hydrogen) atoms. The van der Waals surface area contributed by atoms with Gasteiger partial charge in [0.2, 0.25) is 5.56 Å². The second kappa shape index (κ2) is 5.36. The number of halogens is 2. The van der Waals surface area contributed by atoms with Crippen LogP contribution in [-0.4, -0.2) is 16.1 Å². The second-order valence-electron chi connectivity index (χ2n) is 3.93. The van der Waals surface area contributed by atoms with Gasteiger partial charge in [-0.15, -0.1) is 0 Å². The summed E-state index contributed by atoms with van der Waals surface area (Å²) in [6.45, 7) is 0. The maximum atomic E-state index is 13.7. The Kier molecular flexibility index (Phi) is 3.80. The zero-order valence-electron chi connectivity index (χ0n) is 9.61. The van der Waals surface area contributed by atoms with Crippen molar-refractivity contribution in [1.29, 1.82) is 0 Å². The van der Waals surface area contributed by atoms with Gasteiger partial charge in [0.15, 0.2) is 0 Å². The van der Waals surface area contributed by atoms with Crippen molar-refractivity contribution in [2.45, 2.75) is 6.42 Å². The van der Waals surface area contributed by atoms with E-state index in [9.17, 15) is 14.0 Å². The van der Waals surface area contributed by atoms with E-state index < -0.39 is 17.3 Å². The molecule has 2 rings (SSSR count). The van der Waals surface area contributed by atoms with E-state index in [1.54, 1.807) is 6.07 Å². The fraction of sp³-hybridized carbons (Fsp3) is 0.0769. The third-order valence-corrected chi connectivity index (χ3v) is 3.11. The minimum Gasteiger partial charge on any atom is -0.478 e. The molecule has 0 amide bonds. The largest absolute Gasteiger partial charge is 0.478 e. The minimum absolute atomic E-state index is 0.0107. The van der Waals surface area contributed by atoms with E-state index in [1.165, 1.54) is 18.2 Å². The van der Waals surface area contributed by atoms with E-state index in [1.807, 2.05) is 0 Å². The topological polar surface area (TPSA) is 70.2 Å². The molecule has 1 aromatic heterocycles. The number of aromatic amines is 1. The summed E-state index contributed by atoms with van der Waals surface area (Å²) in [6, 6.07) is 6.82. The molecular formula is C13H9BrFNO3. The lowest BCUT2D eigenvalue weighted by molar-refractivity contribution is 0.0695. The van der Waals surface area contributed by atoms with Gasteiger partial charge in [-0.05, 0) is 23.8 Å². The minimum atomic E-state index is -1.16. The highest BCUT2D eigenvalue weighted by atomic mass is 79.9. The van der Waals surface area contributed by atoms with E-state index in [2.05, 4.69) is 20.9 Å². The summed E-state index contributed by atoms with van der Waals surface area (Å²) in [6.07, 6.45) is 0.0107. The monoisotopic (exact) mass is 325 g/mol. The molecule has 0 saturated carbocycles. The van der Waals surface area contributed by atoms with Gasteiger partial charge >= 0.3 is 5.97 Å². The third kappa shape index (κ3) is 3.08. The van der Waals surface area contributed by atoms with Gasteiger partial charge in [0.05, 0.1) is 5.56 Å². The number of H-pyrrole nitrogens is 1. The first-order chi connectivity index (χ1) is 8.97. The van der Waals surface area contributed by atoms with Crippen molar-refractivity contribution in [3.8, 4) is 0 Å². The van der Waals surface area contributed by atoms with Gasteiger partial charge in [0.25, 0.3) is 0 Å². The Morgan fingerprint density at radius 1 is 1.32 bits per heavy atom. The van der Waals surface area contributed by atoms with Gasteiger partial charge in [0, 0.05) is 22.7 Å². The molecule has 4 nitrogen and oxygen atoms in total. The molecule has 0 radical (unpaired) electrons. The van der Waals surface area contributed by atoms with Gasteiger partial charge in [0.1, 0.15) is 5.82 Å². The quantitative estimate of drug-likeness (QED) is 0.911. The van der Waals surface area contributed by atoms with Crippen molar-refractivity contribution in [2.75, 3.05) is 0 Å². The molecule has 0 spiro atoms. The summed E-state index contributed by atoms with van der Waals surface area (Å²) in [7, 11) is 0. The van der Waals surface area contributed by atoms with Crippen LogP contribution in [0.3, 0.4) is 0 Å². The summed E-state index contributed by atoms with van der Waals surface area (Å²) >= 11 is 3.14. The lowest BCUT2D eigenvalue weighted by atomic mass is 10.0. The molecule has 0 saturated heterocycles. The van der Waals surface area contributed by atoms with Gasteiger partial charge < -0.3 is 10.1 Å². The maximum absolute atomic E-state index is 13.7. The number of rotatable bonds is 3. The Labute approximate surface area is 116 Å². The molecule has 0 fully saturated rings. The van der Waals surface area contributed by atoms with Crippen LogP contribution in [0.25, 0.3) is 0 Å². The Bertz CT molecular complexity index is 697. The predicted molar refractivity (Wildman–Crippen MR) is 70.9 cm³/mol. The highest BCUT2D eigenvalue weighted by molar-refractivity contribution is 9.10. The van der Waals surface area contributed by atoms with E-state index in [0.717, 1.165) is 6.07 Å². The number of carbonyl (C=O) groups is 1. The molecule has 0 unspecified atom stereocenters. The zero-order chi connectivity index (χ0) is 14.0. The van der Waals surface area contributed by atoms with Crippen LogP contribution in [-0.2, 0) is 6.42 Å². The standard InChI is InChI=1S/C13H9BrFNO3/c14-8-2-1-7(10(15)6-8)5-11-9(13(18)19)3-4-12(17)16-11/h1-4,6H,5H2,(H,16,17)(H,18,19). The molecule has 98 valence electrons. The van der Waals surface area contributed by atoms with Gasteiger partial charge in [-0.2, -0.15) is 0 Å². The molecule has 0 bridgehead atoms. The van der Waals surface area contributed by atoms with E-state index in [0.29, 0.717) is 10.0 Å². The summed E-state index contributed by atoms with van der Waals surface area (Å²) in [5, 5.41) is 9.02. The first-order valence-corrected chi connectivity index (χ1v) is 6.16. The number of nitrogens with one attached hydrogen (secondary N) is 1. The van der Waals surface area contributed by atoms with Crippen molar-refractivity contribution < 1.29 is 14.3 Å². The third-order valence-electron chi connectivity index (χ3n) is 2.61. The van der Waals surface area contributed by atoms with Crippen molar-refractivity contribution in [1.82, 2.24) is 4.98 Å². The van der Waals surface area contributed by atoms with Crippen molar-refractivity contribution in [3.05, 3.63) is 67.8 Å². The average molecular weight is 326 g/mol. The number of carboxylic acids is 1. The number of aromatic nitrogens is 1. The zero-order valence-corrected chi connectivity index (χ0v) is 11.2. The number of pyridine rings is 1. The predicted octanol–water partition coefficient (Wildman–Crippen LogP) is 2.57. The molecular weight excluding hydrogens is 317 g/mol. The molecule has 6 heteroatoms. The number of benzene rings is 1. The fourth-order valence-corrected chi connectivity index (χ4v) is 2.05. The Morgan fingerprint density at radius 2 is 2.05 bits per heavy atom. The Morgan fingerprint density at radius 3 is 2.68 bits per heavy atom. The number of hydrogen-bond donors (Lipinski definition) is 2. The molecule has 0 aliphatic heterocycles. The summed E-state index contributed by atoms with van der Waals surface area (Å²) in [5.41, 5.74) is 0.0354. The Balaban J connectivity index is 2.45. The molecule has 0 aliphatic carbocycles. The van der Waals surface area contributed by atoms with E-state index in [-0.39, 0.29) is 17.7 Å². The number of carboxylic acid groups (broad SMARTS) is 1. The van der Waals surface area contributed by atoms with Crippen LogP contribution in [0, 0.1) is 5.82 Å². The lowest BCUT2D eigenvalue weighted by Crippen LogP contribution is -2.14. The second-order valence-corrected chi connectivity index (χ2v) is 4.85. The van der Waals surface area contributed by atoms with Crippen LogP contribution in [0.15, 0.2) is 39.6 Å². The van der Waals surface area contributed by atoms with Crippen molar-refractivity contribution in [3.63, 3.8) is 0 Å². The van der Waals surface area contributed by atoms with Crippen LogP contribution in [0.2, 0.25) is 0 Å². The highest BCUT2D eigenvalue weighted by Gasteiger charge is 2.13. The van der Waals surface area contributed by atoms with Crippen molar-refractivity contribution >= 4 is 21.9 Å². The molecule has 0 aliphatic rings. The maximum Gasteiger partial charge on any atom is 0.337 e. The van der Waals surface area contributed by atoms with Gasteiger partial charge in [-0.25, -0.2) is 9.18 Å². The summed E-state index contributed by atoms with van der Waals surface area (Å²) in [4.78, 5) is 24.7. The SMILES string of the molecule is O=C(O)c1ccc(=O)[nH]c1Cc1ccc(Br)cc1F. The molecule has 1 heterocycles. The highest BCUT2D eigenvalue weighted by Crippen LogP contribution is 2.18. The molecule has 1 aromatic carbocycles. The first-order valence-electron chi connectivity index (χ1n) is 5.37. The average Bonchev–Trinajstić information content (AvgIpc) is 2.32. The van der Waals surface area contributed by atoms with E-state index in [4.69, 9.17) is 5.11 Å². The summed E-state index contributed by atoms with van der Waals surface area (Å²) in [5.74, 6) is -1.63. The van der Waals surface area contributed by atoms with E-state index >= 15 is 0 Å². The molecule has 2 aromatic rings. The van der Waals surface area contributed by atoms with Crippen LogP contribution < -0.4 is 5.56 Å². The smallest absolute Gasteiger partial charge is 0.337 e. The lowest BCUT2D eigenvalue weighted by Gasteiger charge is -2.07. The summed E-state index contributed by atoms with van der Waals surface area (Å²) < 4.78 is 14.3. The Hall–Kier alpha value is -1.95. The number of hydrogen-bond acceptors (Lipinski definition) is 2. The van der Waals surface area contributed by atoms with Gasteiger partial charge in [-0.3, -0.25) is 4.79 Å². The molecule has 0 atom stereocenters. The van der Waals surface area contributed by atoms with Crippen molar-refractivity contribution in [2.24, 2.45) is 0 Å². The first kappa shape index (κ1) is 13.5. The van der Waals surface area contributed by atoms with Gasteiger partial charge in [-0.1, -0.05) is 22.0 Å². The fourth-order valence-electron chi connectivity index (χ4n) is 1.71.